The molecule has 0 spiro atoms. The number of rotatable bonds is 4. The number of likely N-dealkylation sites (tertiary alicyclic amines) is 1. The summed E-state index contributed by atoms with van der Waals surface area (Å²) in [5.74, 6) is -0.0663. The molecule has 2 fully saturated rings. The molecule has 3 amide bonds. The van der Waals surface area contributed by atoms with E-state index >= 15 is 0 Å². The highest BCUT2D eigenvalue weighted by Crippen LogP contribution is 2.17. The highest BCUT2D eigenvalue weighted by molar-refractivity contribution is 5.89. The first-order chi connectivity index (χ1) is 9.60. The van der Waals surface area contributed by atoms with Gasteiger partial charge >= 0.3 is 0 Å². The van der Waals surface area contributed by atoms with Gasteiger partial charge in [-0.05, 0) is 19.3 Å². The van der Waals surface area contributed by atoms with Gasteiger partial charge in [0, 0.05) is 38.5 Å². The maximum Gasteiger partial charge on any atom is 0.227 e. The van der Waals surface area contributed by atoms with Gasteiger partial charge in [0.1, 0.15) is 0 Å². The van der Waals surface area contributed by atoms with Crippen molar-refractivity contribution < 1.29 is 14.4 Å². The minimum absolute atomic E-state index is 0.0370. The quantitative estimate of drug-likeness (QED) is 0.763. The van der Waals surface area contributed by atoms with E-state index < -0.39 is 0 Å². The van der Waals surface area contributed by atoms with Gasteiger partial charge in [-0.15, -0.1) is 0 Å². The van der Waals surface area contributed by atoms with E-state index in [1.807, 2.05) is 11.8 Å². The molecule has 1 unspecified atom stereocenters. The van der Waals surface area contributed by atoms with E-state index in [0.29, 0.717) is 32.5 Å². The number of nitrogens with zero attached hydrogens (tertiary/aromatic N) is 1. The Balaban J connectivity index is 1.75. The number of amides is 3. The van der Waals surface area contributed by atoms with E-state index in [1.54, 1.807) is 0 Å². The third-order valence-electron chi connectivity index (χ3n) is 3.98. The summed E-state index contributed by atoms with van der Waals surface area (Å²) in [5.41, 5.74) is 0. The summed E-state index contributed by atoms with van der Waals surface area (Å²) in [5, 5.41) is 5.71. The summed E-state index contributed by atoms with van der Waals surface area (Å²) in [6, 6.07) is 0.182. The van der Waals surface area contributed by atoms with Crippen LogP contribution in [0.4, 0.5) is 0 Å². The number of hydrogen-bond donors (Lipinski definition) is 2. The molecule has 0 bridgehead atoms. The van der Waals surface area contributed by atoms with Crippen LogP contribution in [0.2, 0.25) is 0 Å². The van der Waals surface area contributed by atoms with E-state index in [-0.39, 0.29) is 29.7 Å². The summed E-state index contributed by atoms with van der Waals surface area (Å²) in [7, 11) is 0. The zero-order chi connectivity index (χ0) is 14.5. The molecule has 0 aromatic carbocycles. The van der Waals surface area contributed by atoms with Crippen molar-refractivity contribution in [2.75, 3.05) is 19.6 Å². The molecule has 0 saturated carbocycles. The minimum atomic E-state index is -0.200. The fourth-order valence-electron chi connectivity index (χ4n) is 2.81. The molecule has 20 heavy (non-hydrogen) atoms. The van der Waals surface area contributed by atoms with Crippen molar-refractivity contribution in [1.29, 1.82) is 0 Å². The van der Waals surface area contributed by atoms with Gasteiger partial charge in [0.25, 0.3) is 0 Å². The molecule has 0 aliphatic carbocycles. The molecular weight excluding hydrogens is 258 g/mol. The number of nitrogens with one attached hydrogen (secondary N) is 2. The predicted molar refractivity (Wildman–Crippen MR) is 73.8 cm³/mol. The standard InChI is InChI=1S/C14H23N3O3/c1-2-3-12(18)16-11-4-6-17(7-5-11)14(20)10-8-13(19)15-9-10/h10-11H,2-9H2,1H3,(H,15,19)(H,16,18). The number of carbonyl (C=O) groups is 3. The molecule has 2 rings (SSSR count). The molecule has 2 heterocycles. The number of piperidine rings is 1. The summed E-state index contributed by atoms with van der Waals surface area (Å²) in [6.45, 7) is 3.78. The van der Waals surface area contributed by atoms with Gasteiger partial charge in [0.05, 0.1) is 5.92 Å². The Labute approximate surface area is 119 Å². The van der Waals surface area contributed by atoms with Crippen LogP contribution in [0.3, 0.4) is 0 Å². The lowest BCUT2D eigenvalue weighted by atomic mass is 10.0. The predicted octanol–water partition coefficient (Wildman–Crippen LogP) is 0.0298. The topological polar surface area (TPSA) is 78.5 Å². The normalized spacial score (nSPS) is 23.6. The first kappa shape index (κ1) is 14.8. The zero-order valence-electron chi connectivity index (χ0n) is 12.0. The third kappa shape index (κ3) is 3.71. The Morgan fingerprint density at radius 3 is 2.60 bits per heavy atom. The smallest absolute Gasteiger partial charge is 0.227 e. The second-order valence-electron chi connectivity index (χ2n) is 5.62. The van der Waals surface area contributed by atoms with Gasteiger partial charge in [-0.25, -0.2) is 0 Å². The van der Waals surface area contributed by atoms with Crippen LogP contribution in [0.5, 0.6) is 0 Å². The molecular formula is C14H23N3O3. The van der Waals surface area contributed by atoms with Crippen LogP contribution >= 0.6 is 0 Å². The van der Waals surface area contributed by atoms with E-state index in [0.717, 1.165) is 19.3 Å². The van der Waals surface area contributed by atoms with Gasteiger partial charge in [-0.1, -0.05) is 6.92 Å². The minimum Gasteiger partial charge on any atom is -0.355 e. The molecule has 6 heteroatoms. The number of hydrogen-bond acceptors (Lipinski definition) is 3. The van der Waals surface area contributed by atoms with Crippen molar-refractivity contribution >= 4 is 17.7 Å². The van der Waals surface area contributed by atoms with Gasteiger partial charge in [0.15, 0.2) is 0 Å². The van der Waals surface area contributed by atoms with Crippen LogP contribution in [-0.2, 0) is 14.4 Å². The molecule has 2 saturated heterocycles. The Morgan fingerprint density at radius 2 is 2.05 bits per heavy atom. The molecule has 2 aliphatic heterocycles. The number of carbonyl (C=O) groups excluding carboxylic acids is 3. The Bertz CT molecular complexity index is 389. The van der Waals surface area contributed by atoms with E-state index in [2.05, 4.69) is 10.6 Å². The Morgan fingerprint density at radius 1 is 1.35 bits per heavy atom. The van der Waals surface area contributed by atoms with Crippen LogP contribution < -0.4 is 10.6 Å². The second kappa shape index (κ2) is 6.72. The molecule has 0 radical (unpaired) electrons. The molecule has 2 aliphatic rings. The van der Waals surface area contributed by atoms with Crippen LogP contribution in [0.1, 0.15) is 39.0 Å². The van der Waals surface area contributed by atoms with Crippen molar-refractivity contribution in [2.45, 2.75) is 45.1 Å². The zero-order valence-corrected chi connectivity index (χ0v) is 12.0. The monoisotopic (exact) mass is 281 g/mol. The van der Waals surface area contributed by atoms with Gasteiger partial charge in [0.2, 0.25) is 17.7 Å². The van der Waals surface area contributed by atoms with Crippen molar-refractivity contribution in [3.63, 3.8) is 0 Å². The average Bonchev–Trinajstić information content (AvgIpc) is 2.86. The van der Waals surface area contributed by atoms with Crippen LogP contribution in [0.15, 0.2) is 0 Å². The van der Waals surface area contributed by atoms with Crippen molar-refractivity contribution in [2.24, 2.45) is 5.92 Å². The van der Waals surface area contributed by atoms with Gasteiger partial charge in [-0.3, -0.25) is 14.4 Å². The van der Waals surface area contributed by atoms with Crippen LogP contribution in [0, 0.1) is 5.92 Å². The van der Waals surface area contributed by atoms with Crippen LogP contribution in [-0.4, -0.2) is 48.3 Å². The molecule has 2 N–H and O–H groups in total. The van der Waals surface area contributed by atoms with Gasteiger partial charge in [-0.2, -0.15) is 0 Å². The Hall–Kier alpha value is -1.59. The summed E-state index contributed by atoms with van der Waals surface area (Å²) >= 11 is 0. The van der Waals surface area contributed by atoms with Crippen LogP contribution in [0.25, 0.3) is 0 Å². The highest BCUT2D eigenvalue weighted by Gasteiger charge is 2.33. The Kier molecular flexibility index (Phi) is 4.98. The van der Waals surface area contributed by atoms with E-state index in [4.69, 9.17) is 0 Å². The fourth-order valence-corrected chi connectivity index (χ4v) is 2.81. The summed E-state index contributed by atoms with van der Waals surface area (Å²) < 4.78 is 0. The largest absolute Gasteiger partial charge is 0.355 e. The third-order valence-corrected chi connectivity index (χ3v) is 3.98. The second-order valence-corrected chi connectivity index (χ2v) is 5.62. The van der Waals surface area contributed by atoms with Crippen molar-refractivity contribution in [3.8, 4) is 0 Å². The van der Waals surface area contributed by atoms with E-state index in [9.17, 15) is 14.4 Å². The fraction of sp³-hybridized carbons (Fsp3) is 0.786. The molecule has 112 valence electrons. The lowest BCUT2D eigenvalue weighted by Crippen LogP contribution is -2.48. The van der Waals surface area contributed by atoms with E-state index in [1.165, 1.54) is 0 Å². The summed E-state index contributed by atoms with van der Waals surface area (Å²) in [4.78, 5) is 36.7. The van der Waals surface area contributed by atoms with Crippen molar-refractivity contribution in [3.05, 3.63) is 0 Å². The molecule has 1 atom stereocenters. The molecule has 0 aromatic heterocycles. The summed E-state index contributed by atoms with van der Waals surface area (Å²) in [6.07, 6.45) is 3.33. The first-order valence-electron chi connectivity index (χ1n) is 7.45. The van der Waals surface area contributed by atoms with Crippen molar-refractivity contribution in [1.82, 2.24) is 15.5 Å². The highest BCUT2D eigenvalue weighted by atomic mass is 16.2. The maximum absolute atomic E-state index is 12.2. The molecule has 0 aromatic rings. The average molecular weight is 281 g/mol. The lowest BCUT2D eigenvalue weighted by Gasteiger charge is -2.33. The van der Waals surface area contributed by atoms with Gasteiger partial charge < -0.3 is 15.5 Å². The lowest BCUT2D eigenvalue weighted by molar-refractivity contribution is -0.137. The SMILES string of the molecule is CCCC(=O)NC1CCN(C(=O)C2CNC(=O)C2)CC1. The molecule has 6 nitrogen and oxygen atoms in total. The first-order valence-corrected chi connectivity index (χ1v) is 7.45. The maximum atomic E-state index is 12.2.